The van der Waals surface area contributed by atoms with E-state index in [1.807, 2.05) is 0 Å². The van der Waals surface area contributed by atoms with Crippen LogP contribution in [-0.2, 0) is 0 Å². The van der Waals surface area contributed by atoms with Gasteiger partial charge in [-0.15, -0.1) is 0 Å². The van der Waals surface area contributed by atoms with Gasteiger partial charge in [0.1, 0.15) is 0 Å². The Morgan fingerprint density at radius 1 is 1.27 bits per heavy atom. The van der Waals surface area contributed by atoms with Crippen LogP contribution in [0, 0.1) is 5.92 Å². The number of nitrogens with one attached hydrogen (secondary N) is 1. The smallest absolute Gasteiger partial charge is 0.0243 e. The van der Waals surface area contributed by atoms with Crippen LogP contribution in [-0.4, -0.2) is 48.6 Å². The van der Waals surface area contributed by atoms with Gasteiger partial charge in [0.05, 0.1) is 0 Å². The molecule has 0 aliphatic carbocycles. The average Bonchev–Trinajstić information content (AvgIpc) is 2.47. The van der Waals surface area contributed by atoms with Crippen LogP contribution in [0.15, 0.2) is 0 Å². The zero-order chi connectivity index (χ0) is 11.1. The maximum Gasteiger partial charge on any atom is 0.0243 e. The fourth-order valence-electron chi connectivity index (χ4n) is 2.18. The van der Waals surface area contributed by atoms with E-state index in [2.05, 4.69) is 42.7 Å². The first kappa shape index (κ1) is 13.3. The lowest BCUT2D eigenvalue weighted by Gasteiger charge is -2.33. The van der Waals surface area contributed by atoms with Gasteiger partial charge < -0.3 is 5.32 Å². The van der Waals surface area contributed by atoms with Crippen molar-refractivity contribution < 1.29 is 0 Å². The summed E-state index contributed by atoms with van der Waals surface area (Å²) in [6.45, 7) is 11.7. The Hall–Kier alpha value is 0.270. The topological polar surface area (TPSA) is 15.3 Å². The SMILES string of the molecule is CCNCC(C(C)C)N1CCCSCC1. The zero-order valence-electron chi connectivity index (χ0n) is 10.5. The van der Waals surface area contributed by atoms with E-state index in [0.29, 0.717) is 0 Å². The summed E-state index contributed by atoms with van der Waals surface area (Å²) in [5.41, 5.74) is 0. The van der Waals surface area contributed by atoms with Gasteiger partial charge in [0.2, 0.25) is 0 Å². The Bertz CT molecular complexity index is 154. The van der Waals surface area contributed by atoms with Crippen molar-refractivity contribution in [2.75, 3.05) is 37.7 Å². The molecule has 1 aliphatic heterocycles. The van der Waals surface area contributed by atoms with E-state index < -0.39 is 0 Å². The molecule has 1 heterocycles. The lowest BCUT2D eigenvalue weighted by molar-refractivity contribution is 0.163. The molecule has 2 nitrogen and oxygen atoms in total. The molecule has 0 radical (unpaired) electrons. The largest absolute Gasteiger partial charge is 0.315 e. The van der Waals surface area contributed by atoms with Gasteiger partial charge in [-0.1, -0.05) is 20.8 Å². The van der Waals surface area contributed by atoms with Crippen molar-refractivity contribution in [3.05, 3.63) is 0 Å². The molecule has 3 heteroatoms. The molecule has 0 aromatic heterocycles. The van der Waals surface area contributed by atoms with Crippen LogP contribution in [0.5, 0.6) is 0 Å². The third-order valence-electron chi connectivity index (χ3n) is 3.10. The molecular weight excluding hydrogens is 204 g/mol. The first-order valence-electron chi connectivity index (χ1n) is 6.28. The molecule has 0 aromatic carbocycles. The quantitative estimate of drug-likeness (QED) is 0.778. The van der Waals surface area contributed by atoms with Crippen LogP contribution in [0.2, 0.25) is 0 Å². The first-order chi connectivity index (χ1) is 7.25. The summed E-state index contributed by atoms with van der Waals surface area (Å²) in [6, 6.07) is 0.726. The minimum atomic E-state index is 0.726. The van der Waals surface area contributed by atoms with E-state index in [0.717, 1.165) is 25.0 Å². The highest BCUT2D eigenvalue weighted by Crippen LogP contribution is 2.16. The number of thioether (sulfide) groups is 1. The molecule has 1 N–H and O–H groups in total. The van der Waals surface area contributed by atoms with Crippen LogP contribution < -0.4 is 5.32 Å². The Morgan fingerprint density at radius 3 is 2.73 bits per heavy atom. The Kier molecular flexibility index (Phi) is 6.69. The minimum Gasteiger partial charge on any atom is -0.315 e. The second-order valence-electron chi connectivity index (χ2n) is 4.62. The van der Waals surface area contributed by atoms with E-state index in [-0.39, 0.29) is 0 Å². The van der Waals surface area contributed by atoms with Crippen LogP contribution in [0.3, 0.4) is 0 Å². The van der Waals surface area contributed by atoms with Gasteiger partial charge in [0.25, 0.3) is 0 Å². The van der Waals surface area contributed by atoms with Gasteiger partial charge >= 0.3 is 0 Å². The van der Waals surface area contributed by atoms with Crippen LogP contribution in [0.25, 0.3) is 0 Å². The zero-order valence-corrected chi connectivity index (χ0v) is 11.3. The fraction of sp³-hybridized carbons (Fsp3) is 1.00. The lowest BCUT2D eigenvalue weighted by atomic mass is 10.0. The predicted octanol–water partition coefficient (Wildman–Crippen LogP) is 2.06. The van der Waals surface area contributed by atoms with E-state index in [1.165, 1.54) is 31.0 Å². The molecule has 0 amide bonds. The maximum atomic E-state index is 3.50. The van der Waals surface area contributed by atoms with Crippen molar-refractivity contribution >= 4 is 11.8 Å². The summed E-state index contributed by atoms with van der Waals surface area (Å²) >= 11 is 2.11. The number of nitrogens with zero attached hydrogens (tertiary/aromatic N) is 1. The third-order valence-corrected chi connectivity index (χ3v) is 4.15. The first-order valence-corrected chi connectivity index (χ1v) is 7.43. The van der Waals surface area contributed by atoms with Gasteiger partial charge in [0, 0.05) is 24.9 Å². The van der Waals surface area contributed by atoms with E-state index in [1.54, 1.807) is 0 Å². The van der Waals surface area contributed by atoms with Gasteiger partial charge in [-0.2, -0.15) is 11.8 Å². The molecule has 15 heavy (non-hydrogen) atoms. The van der Waals surface area contributed by atoms with Gasteiger partial charge in [-0.05, 0) is 31.2 Å². The van der Waals surface area contributed by atoms with Crippen molar-refractivity contribution in [2.45, 2.75) is 33.2 Å². The molecule has 0 spiro atoms. The van der Waals surface area contributed by atoms with Crippen molar-refractivity contribution in [1.82, 2.24) is 10.2 Å². The average molecular weight is 230 g/mol. The van der Waals surface area contributed by atoms with Crippen LogP contribution >= 0.6 is 11.8 Å². The van der Waals surface area contributed by atoms with Crippen molar-refractivity contribution in [3.8, 4) is 0 Å². The van der Waals surface area contributed by atoms with Crippen molar-refractivity contribution in [2.24, 2.45) is 5.92 Å². The van der Waals surface area contributed by atoms with Crippen LogP contribution in [0.4, 0.5) is 0 Å². The molecule has 0 saturated carbocycles. The summed E-state index contributed by atoms with van der Waals surface area (Å²) in [4.78, 5) is 2.69. The van der Waals surface area contributed by atoms with Gasteiger partial charge in [0.15, 0.2) is 0 Å². The highest BCUT2D eigenvalue weighted by Gasteiger charge is 2.21. The highest BCUT2D eigenvalue weighted by atomic mass is 32.2. The number of likely N-dealkylation sites (N-methyl/N-ethyl adjacent to an activating group) is 1. The number of hydrogen-bond acceptors (Lipinski definition) is 3. The van der Waals surface area contributed by atoms with Gasteiger partial charge in [-0.3, -0.25) is 4.90 Å². The molecule has 1 rings (SSSR count). The summed E-state index contributed by atoms with van der Waals surface area (Å²) in [6.07, 6.45) is 1.36. The van der Waals surface area contributed by atoms with Crippen LogP contribution in [0.1, 0.15) is 27.2 Å². The Morgan fingerprint density at radius 2 is 2.07 bits per heavy atom. The molecule has 90 valence electrons. The maximum absolute atomic E-state index is 3.50. The van der Waals surface area contributed by atoms with E-state index in [4.69, 9.17) is 0 Å². The van der Waals surface area contributed by atoms with E-state index in [9.17, 15) is 0 Å². The monoisotopic (exact) mass is 230 g/mol. The molecule has 0 aromatic rings. The molecule has 1 atom stereocenters. The second kappa shape index (κ2) is 7.53. The fourth-order valence-corrected chi connectivity index (χ4v) is 3.08. The Balaban J connectivity index is 2.44. The normalized spacial score (nSPS) is 21.6. The second-order valence-corrected chi connectivity index (χ2v) is 5.85. The molecular formula is C12H26N2S. The standard InChI is InChI=1S/C12H26N2S/c1-4-13-10-12(11(2)3)14-6-5-8-15-9-7-14/h11-13H,4-10H2,1-3H3. The molecule has 1 fully saturated rings. The Labute approximate surface area is 99.2 Å². The molecule has 1 unspecified atom stereocenters. The number of rotatable bonds is 5. The van der Waals surface area contributed by atoms with E-state index >= 15 is 0 Å². The summed E-state index contributed by atoms with van der Waals surface area (Å²) < 4.78 is 0. The van der Waals surface area contributed by atoms with Crippen molar-refractivity contribution in [3.63, 3.8) is 0 Å². The van der Waals surface area contributed by atoms with Gasteiger partial charge in [-0.25, -0.2) is 0 Å². The molecule has 1 aliphatic rings. The lowest BCUT2D eigenvalue weighted by Crippen LogP contribution is -2.46. The molecule has 0 bridgehead atoms. The summed E-state index contributed by atoms with van der Waals surface area (Å²) in [5.74, 6) is 3.42. The van der Waals surface area contributed by atoms with Crippen molar-refractivity contribution in [1.29, 1.82) is 0 Å². The number of hydrogen-bond donors (Lipinski definition) is 1. The summed E-state index contributed by atoms with van der Waals surface area (Å²) in [7, 11) is 0. The minimum absolute atomic E-state index is 0.726. The third kappa shape index (κ3) is 4.75. The summed E-state index contributed by atoms with van der Waals surface area (Å²) in [5, 5.41) is 3.50. The predicted molar refractivity (Wildman–Crippen MR) is 70.7 cm³/mol. The highest BCUT2D eigenvalue weighted by molar-refractivity contribution is 7.99. The molecule has 1 saturated heterocycles.